The average molecular weight is 644 g/mol. The molecule has 0 aromatic heterocycles. The van der Waals surface area contributed by atoms with Crippen molar-refractivity contribution < 1.29 is 32.3 Å². The second-order valence-electron chi connectivity index (χ2n) is 13.6. The van der Waals surface area contributed by atoms with Crippen molar-refractivity contribution in [2.45, 2.75) is 114 Å². The number of nitrogens with one attached hydrogen (secondary N) is 4. The van der Waals surface area contributed by atoms with Crippen LogP contribution in [0.1, 0.15) is 90.0 Å². The minimum absolute atomic E-state index is 0.0327. The second-order valence-corrected chi connectivity index (χ2v) is 15.1. The molecule has 2 saturated carbocycles. The van der Waals surface area contributed by atoms with E-state index in [0.717, 1.165) is 24.8 Å². The Morgan fingerprint density at radius 2 is 1.80 bits per heavy atom. The van der Waals surface area contributed by atoms with Crippen LogP contribution in [-0.4, -0.2) is 72.9 Å². The summed E-state index contributed by atoms with van der Waals surface area (Å²) >= 11 is 0. The number of nitrogens with zero attached hydrogens (tertiary/aromatic N) is 1. The largest absolute Gasteiger partial charge is 0.444 e. The van der Waals surface area contributed by atoms with Crippen LogP contribution in [0.25, 0.3) is 0 Å². The molecule has 1 aromatic carbocycles. The van der Waals surface area contributed by atoms with Crippen molar-refractivity contribution >= 4 is 34.0 Å². The molecular weight excluding hydrogens is 598 g/mol. The number of carbonyl (C=O) groups is 4. The van der Waals surface area contributed by atoms with Gasteiger partial charge < -0.3 is 20.3 Å². The highest BCUT2D eigenvalue weighted by molar-refractivity contribution is 7.88. The zero-order valence-corrected chi connectivity index (χ0v) is 27.0. The third-order valence-electron chi connectivity index (χ3n) is 8.88. The molecule has 4 aliphatic rings. The Morgan fingerprint density at radius 1 is 1.04 bits per heavy atom. The lowest BCUT2D eigenvalue weighted by Crippen LogP contribution is -2.59. The maximum atomic E-state index is 13.7. The van der Waals surface area contributed by atoms with Crippen LogP contribution in [0.15, 0.2) is 42.5 Å². The lowest BCUT2D eigenvalue weighted by atomic mass is 10.0. The van der Waals surface area contributed by atoms with E-state index in [0.29, 0.717) is 38.6 Å². The predicted octanol–water partition coefficient (Wildman–Crippen LogP) is 2.77. The van der Waals surface area contributed by atoms with E-state index < -0.39 is 51.3 Å². The molecule has 0 bridgehead atoms. The maximum absolute atomic E-state index is 13.7. The maximum Gasteiger partial charge on any atom is 0.408 e. The molecule has 45 heavy (non-hydrogen) atoms. The average Bonchev–Trinajstić information content (AvgIpc) is 3.81. The Bertz CT molecular complexity index is 1430. The van der Waals surface area contributed by atoms with Gasteiger partial charge in [0.15, 0.2) is 0 Å². The highest BCUT2D eigenvalue weighted by Crippen LogP contribution is 2.46. The molecule has 2 aliphatic carbocycles. The summed E-state index contributed by atoms with van der Waals surface area (Å²) in [6, 6.07) is 7.53. The van der Waals surface area contributed by atoms with Crippen LogP contribution in [0.4, 0.5) is 4.79 Å². The molecule has 1 aromatic rings. The summed E-state index contributed by atoms with van der Waals surface area (Å²) in [4.78, 5) is 55.1. The normalized spacial score (nSPS) is 30.6. The van der Waals surface area contributed by atoms with Crippen molar-refractivity contribution in [3.63, 3.8) is 0 Å². The first kappa shape index (κ1) is 32.9. The van der Waals surface area contributed by atoms with Crippen molar-refractivity contribution in [2.75, 3.05) is 6.54 Å². The van der Waals surface area contributed by atoms with Crippen LogP contribution in [0, 0.1) is 5.92 Å². The lowest BCUT2D eigenvalue weighted by molar-refractivity contribution is -0.141. The zero-order valence-electron chi connectivity index (χ0n) is 26.2. The number of fused-ring (bicyclic) bond motifs is 2. The minimum Gasteiger partial charge on any atom is -0.444 e. The quantitative estimate of drug-likeness (QED) is 0.347. The number of ether oxygens (including phenoxy) is 1. The Labute approximate surface area is 265 Å². The molecule has 2 unspecified atom stereocenters. The number of benzene rings is 1. The number of rotatable bonds is 6. The van der Waals surface area contributed by atoms with Crippen molar-refractivity contribution in [1.29, 1.82) is 0 Å². The van der Waals surface area contributed by atoms with E-state index in [1.807, 2.05) is 42.5 Å². The van der Waals surface area contributed by atoms with Gasteiger partial charge in [-0.15, -0.1) is 0 Å². The van der Waals surface area contributed by atoms with E-state index in [4.69, 9.17) is 4.74 Å². The molecule has 0 spiro atoms. The fourth-order valence-corrected chi connectivity index (χ4v) is 7.52. The molecule has 6 atom stereocenters. The second kappa shape index (κ2) is 13.1. The van der Waals surface area contributed by atoms with Crippen LogP contribution in [0.2, 0.25) is 0 Å². The van der Waals surface area contributed by atoms with Gasteiger partial charge in [0.05, 0.1) is 0 Å². The van der Waals surface area contributed by atoms with E-state index in [9.17, 15) is 27.6 Å². The van der Waals surface area contributed by atoms with E-state index in [1.54, 1.807) is 20.8 Å². The lowest BCUT2D eigenvalue weighted by Gasteiger charge is -2.30. The number of allylic oxidation sites excluding steroid dienone is 1. The van der Waals surface area contributed by atoms with Crippen molar-refractivity contribution in [3.8, 4) is 0 Å². The topological polar surface area (TPSA) is 163 Å². The molecule has 2 aliphatic heterocycles. The van der Waals surface area contributed by atoms with E-state index in [1.165, 1.54) is 4.90 Å². The van der Waals surface area contributed by atoms with Crippen molar-refractivity contribution in [3.05, 3.63) is 48.0 Å². The van der Waals surface area contributed by atoms with Gasteiger partial charge in [-0.2, -0.15) is 13.1 Å². The number of amides is 4. The van der Waals surface area contributed by atoms with Crippen LogP contribution in [0.3, 0.4) is 0 Å². The summed E-state index contributed by atoms with van der Waals surface area (Å²) in [5.41, 5.74) is -1.16. The van der Waals surface area contributed by atoms with Gasteiger partial charge in [0.2, 0.25) is 11.8 Å². The predicted molar refractivity (Wildman–Crippen MR) is 167 cm³/mol. The summed E-state index contributed by atoms with van der Waals surface area (Å²) in [5, 5.41) is 5.55. The molecule has 246 valence electrons. The van der Waals surface area contributed by atoms with Gasteiger partial charge in [-0.3, -0.25) is 14.4 Å². The molecular formula is C32H45N5O7S. The summed E-state index contributed by atoms with van der Waals surface area (Å²) in [6.07, 6.45) is 8.42. The fourth-order valence-electron chi connectivity index (χ4n) is 6.38. The standard InChI is InChI=1S/C32H45N5O7S/c1-31(2,3)44-30(41)33-24-16-11-6-4-5-10-15-22-20-32(22,34-27(38)26-17-12-18-37(26)28(24)39)29(40)36-45(42,43)35-25-19-23(25)21-13-8-7-9-14-21/h7-10,13-15,22-26,35H,4-6,11-12,16-20H2,1-3H3,(H,33,41)(H,34,38)(H,36,40)/t22-,23?,24+,25?,26+,32-/m1/s1. The van der Waals surface area contributed by atoms with Gasteiger partial charge in [0.1, 0.15) is 23.2 Å². The third kappa shape index (κ3) is 8.23. The first-order chi connectivity index (χ1) is 21.3. The molecule has 4 N–H and O–H groups in total. The summed E-state index contributed by atoms with van der Waals surface area (Å²) in [6.45, 7) is 5.55. The van der Waals surface area contributed by atoms with Gasteiger partial charge >= 0.3 is 16.3 Å². The first-order valence-electron chi connectivity index (χ1n) is 16.0. The van der Waals surface area contributed by atoms with Gasteiger partial charge in [-0.25, -0.2) is 9.52 Å². The number of alkyl carbamates (subject to hydrolysis) is 1. The molecule has 5 rings (SSSR count). The molecule has 2 heterocycles. The monoisotopic (exact) mass is 643 g/mol. The first-order valence-corrected chi connectivity index (χ1v) is 17.4. The van der Waals surface area contributed by atoms with Crippen molar-refractivity contribution in [1.82, 2.24) is 25.0 Å². The van der Waals surface area contributed by atoms with Crippen LogP contribution >= 0.6 is 0 Å². The minimum atomic E-state index is -4.20. The van der Waals surface area contributed by atoms with E-state index in [2.05, 4.69) is 20.1 Å². The molecule has 0 radical (unpaired) electrons. The van der Waals surface area contributed by atoms with Crippen molar-refractivity contribution in [2.24, 2.45) is 5.92 Å². The zero-order chi connectivity index (χ0) is 32.4. The van der Waals surface area contributed by atoms with E-state index in [-0.39, 0.29) is 30.2 Å². The third-order valence-corrected chi connectivity index (χ3v) is 9.94. The number of hydrogen-bond acceptors (Lipinski definition) is 7. The summed E-state index contributed by atoms with van der Waals surface area (Å²) in [5.74, 6) is -2.05. The number of hydrogen-bond donors (Lipinski definition) is 4. The van der Waals surface area contributed by atoms with Crippen LogP contribution in [-0.2, 0) is 29.3 Å². The van der Waals surface area contributed by atoms with Gasteiger partial charge in [0.25, 0.3) is 5.91 Å². The highest BCUT2D eigenvalue weighted by atomic mass is 32.2. The summed E-state index contributed by atoms with van der Waals surface area (Å²) in [7, 11) is -4.20. The molecule has 13 heteroatoms. The molecule has 1 saturated heterocycles. The summed E-state index contributed by atoms with van der Waals surface area (Å²) < 4.78 is 36.2. The van der Waals surface area contributed by atoms with Gasteiger partial charge in [0, 0.05) is 24.4 Å². The smallest absolute Gasteiger partial charge is 0.408 e. The molecule has 3 fully saturated rings. The Morgan fingerprint density at radius 3 is 2.53 bits per heavy atom. The van der Waals surface area contributed by atoms with E-state index >= 15 is 0 Å². The molecule has 4 amide bonds. The Kier molecular flexibility index (Phi) is 9.60. The van der Waals surface area contributed by atoms with Gasteiger partial charge in [-0.05, 0) is 71.3 Å². The van der Waals surface area contributed by atoms with Gasteiger partial charge in [-0.1, -0.05) is 55.3 Å². The highest BCUT2D eigenvalue weighted by Gasteiger charge is 2.61. The Balaban J connectivity index is 1.29. The number of carbonyl (C=O) groups excluding carboxylic acids is 4. The van der Waals surface area contributed by atoms with Crippen LogP contribution in [0.5, 0.6) is 0 Å². The van der Waals surface area contributed by atoms with Crippen LogP contribution < -0.4 is 20.1 Å². The Hall–Kier alpha value is -3.45. The molecule has 12 nitrogen and oxygen atoms in total. The fraction of sp³-hybridized carbons (Fsp3) is 0.625. The SMILES string of the molecule is CC(C)(C)OC(=O)N[C@H]1CCCCCC=C[C@@H]2C[C@@]2(C(=O)NS(=O)(=O)NC2CC2c2ccccc2)NC(=O)[C@@H]2CCCN2C1=O.